The maximum Gasteiger partial charge on any atom is 0.332 e. The van der Waals surface area contributed by atoms with Gasteiger partial charge < -0.3 is 15.9 Å². The fourth-order valence-electron chi connectivity index (χ4n) is 1.58. The number of rotatable bonds is 5. The SMILES string of the molecule is NC(=O)CC(C(=O)O)N1C(=O)C=C(C(=O)O)CC1=O. The number of hydrogen-bond acceptors (Lipinski definition) is 5. The van der Waals surface area contributed by atoms with E-state index in [2.05, 4.69) is 0 Å². The predicted octanol–water partition coefficient (Wildman–Crippen LogP) is -1.92. The minimum Gasteiger partial charge on any atom is -0.480 e. The average Bonchev–Trinajstić information content (AvgIpc) is 2.25. The lowest BCUT2D eigenvalue weighted by molar-refractivity contribution is -0.158. The molecule has 0 aliphatic carbocycles. The van der Waals surface area contributed by atoms with E-state index < -0.39 is 54.1 Å². The Morgan fingerprint density at radius 2 is 1.89 bits per heavy atom. The fraction of sp³-hybridized carbons (Fsp3) is 0.300. The Balaban J connectivity index is 3.09. The van der Waals surface area contributed by atoms with Crippen LogP contribution in [0.15, 0.2) is 11.6 Å². The molecule has 3 amide bonds. The molecule has 0 fully saturated rings. The molecule has 1 unspecified atom stereocenters. The van der Waals surface area contributed by atoms with Gasteiger partial charge in [0.1, 0.15) is 6.04 Å². The summed E-state index contributed by atoms with van der Waals surface area (Å²) in [5.74, 6) is -6.11. The van der Waals surface area contributed by atoms with Gasteiger partial charge in [-0.05, 0) is 0 Å². The summed E-state index contributed by atoms with van der Waals surface area (Å²) in [7, 11) is 0. The van der Waals surface area contributed by atoms with Gasteiger partial charge in [-0.15, -0.1) is 0 Å². The molecule has 19 heavy (non-hydrogen) atoms. The van der Waals surface area contributed by atoms with Crippen LogP contribution >= 0.6 is 0 Å². The van der Waals surface area contributed by atoms with E-state index in [9.17, 15) is 24.0 Å². The summed E-state index contributed by atoms with van der Waals surface area (Å²) in [6.07, 6.45) is -0.701. The van der Waals surface area contributed by atoms with Gasteiger partial charge in [0.2, 0.25) is 11.8 Å². The van der Waals surface area contributed by atoms with Gasteiger partial charge in [-0.2, -0.15) is 0 Å². The van der Waals surface area contributed by atoms with Crippen LogP contribution in [-0.2, 0) is 24.0 Å². The highest BCUT2D eigenvalue weighted by atomic mass is 16.4. The Bertz CT molecular complexity index is 508. The molecule has 9 heteroatoms. The lowest BCUT2D eigenvalue weighted by Crippen LogP contribution is -2.51. The minimum absolute atomic E-state index is 0.333. The van der Waals surface area contributed by atoms with Crippen LogP contribution in [0.3, 0.4) is 0 Å². The number of aliphatic carboxylic acids is 2. The third kappa shape index (κ3) is 3.15. The van der Waals surface area contributed by atoms with E-state index in [1.54, 1.807) is 0 Å². The molecule has 0 saturated heterocycles. The predicted molar refractivity (Wildman–Crippen MR) is 57.4 cm³/mol. The largest absolute Gasteiger partial charge is 0.480 e. The Kier molecular flexibility index (Phi) is 4.00. The Morgan fingerprint density at radius 1 is 1.32 bits per heavy atom. The van der Waals surface area contributed by atoms with E-state index in [4.69, 9.17) is 15.9 Å². The van der Waals surface area contributed by atoms with Gasteiger partial charge >= 0.3 is 11.9 Å². The van der Waals surface area contributed by atoms with Gasteiger partial charge in [0.25, 0.3) is 5.91 Å². The minimum atomic E-state index is -1.73. The molecule has 0 saturated carbocycles. The molecule has 0 radical (unpaired) electrons. The molecule has 1 aliphatic heterocycles. The summed E-state index contributed by atoms with van der Waals surface area (Å²) in [5, 5.41) is 17.6. The summed E-state index contributed by atoms with van der Waals surface area (Å²) in [6, 6.07) is -1.73. The Morgan fingerprint density at radius 3 is 2.26 bits per heavy atom. The number of amides is 3. The third-order valence-electron chi connectivity index (χ3n) is 2.41. The zero-order valence-corrected chi connectivity index (χ0v) is 9.53. The van der Waals surface area contributed by atoms with Gasteiger partial charge in [0.05, 0.1) is 18.4 Å². The zero-order valence-electron chi connectivity index (χ0n) is 9.53. The highest BCUT2D eigenvalue weighted by molar-refractivity contribution is 6.13. The number of carboxylic acid groups (broad SMARTS) is 2. The van der Waals surface area contributed by atoms with Crippen LogP contribution in [0.4, 0.5) is 0 Å². The molecule has 102 valence electrons. The molecular formula is C10H10N2O7. The first-order chi connectivity index (χ1) is 8.73. The number of primary amides is 1. The van der Waals surface area contributed by atoms with Crippen molar-refractivity contribution in [3.63, 3.8) is 0 Å². The van der Waals surface area contributed by atoms with Crippen molar-refractivity contribution in [3.8, 4) is 0 Å². The highest BCUT2D eigenvalue weighted by Gasteiger charge is 2.38. The summed E-state index contributed by atoms with van der Waals surface area (Å²) >= 11 is 0. The second kappa shape index (κ2) is 5.29. The van der Waals surface area contributed by atoms with Crippen LogP contribution < -0.4 is 5.73 Å². The molecule has 1 atom stereocenters. The molecule has 4 N–H and O–H groups in total. The van der Waals surface area contributed by atoms with Crippen molar-refractivity contribution >= 4 is 29.7 Å². The van der Waals surface area contributed by atoms with Crippen LogP contribution in [0.25, 0.3) is 0 Å². The lowest BCUT2D eigenvalue weighted by atomic mass is 10.0. The topological polar surface area (TPSA) is 155 Å². The highest BCUT2D eigenvalue weighted by Crippen LogP contribution is 2.18. The number of nitrogens with zero attached hydrogens (tertiary/aromatic N) is 1. The average molecular weight is 270 g/mol. The summed E-state index contributed by atoms with van der Waals surface area (Å²) < 4.78 is 0. The monoisotopic (exact) mass is 270 g/mol. The number of hydrogen-bond donors (Lipinski definition) is 3. The number of imide groups is 1. The first-order valence-corrected chi connectivity index (χ1v) is 5.05. The number of carboxylic acids is 2. The van der Waals surface area contributed by atoms with E-state index in [-0.39, 0.29) is 0 Å². The van der Waals surface area contributed by atoms with Crippen LogP contribution in [0.2, 0.25) is 0 Å². The Hall–Kier alpha value is -2.71. The van der Waals surface area contributed by atoms with Crippen molar-refractivity contribution in [2.75, 3.05) is 0 Å². The van der Waals surface area contributed by atoms with E-state index in [1.807, 2.05) is 0 Å². The van der Waals surface area contributed by atoms with Crippen molar-refractivity contribution in [3.05, 3.63) is 11.6 Å². The number of carbonyl (C=O) groups excluding carboxylic acids is 3. The zero-order chi connectivity index (χ0) is 14.7. The third-order valence-corrected chi connectivity index (χ3v) is 2.41. The molecule has 0 spiro atoms. The fourth-order valence-corrected chi connectivity index (χ4v) is 1.58. The normalized spacial score (nSPS) is 16.8. The standard InChI is InChI=1S/C10H10N2O7/c11-6(13)3-5(10(18)19)12-7(14)1-4(9(16)17)2-8(12)15/h1,5H,2-3H2,(H2,11,13)(H,16,17)(H,18,19). The summed E-state index contributed by atoms with van der Waals surface area (Å²) in [5.41, 5.74) is 4.41. The smallest absolute Gasteiger partial charge is 0.332 e. The van der Waals surface area contributed by atoms with Crippen molar-refractivity contribution in [1.82, 2.24) is 4.90 Å². The molecule has 0 aromatic carbocycles. The van der Waals surface area contributed by atoms with Crippen LogP contribution in [-0.4, -0.2) is 50.8 Å². The van der Waals surface area contributed by atoms with Crippen molar-refractivity contribution in [2.45, 2.75) is 18.9 Å². The molecule has 0 bridgehead atoms. The van der Waals surface area contributed by atoms with Gasteiger partial charge in [-0.25, -0.2) is 9.59 Å². The van der Waals surface area contributed by atoms with E-state index >= 15 is 0 Å². The van der Waals surface area contributed by atoms with Crippen LogP contribution in [0, 0.1) is 0 Å². The second-order valence-corrected chi connectivity index (χ2v) is 3.78. The maximum absolute atomic E-state index is 11.6. The van der Waals surface area contributed by atoms with Crippen molar-refractivity contribution in [2.24, 2.45) is 5.73 Å². The van der Waals surface area contributed by atoms with Crippen molar-refractivity contribution in [1.29, 1.82) is 0 Å². The molecule has 1 rings (SSSR count). The van der Waals surface area contributed by atoms with Crippen LogP contribution in [0.5, 0.6) is 0 Å². The Labute approximate surface area is 106 Å². The second-order valence-electron chi connectivity index (χ2n) is 3.78. The van der Waals surface area contributed by atoms with Gasteiger partial charge in [0, 0.05) is 6.08 Å². The molecule has 0 aromatic rings. The van der Waals surface area contributed by atoms with Gasteiger partial charge in [0.15, 0.2) is 0 Å². The number of nitrogens with two attached hydrogens (primary N) is 1. The van der Waals surface area contributed by atoms with E-state index in [0.717, 1.165) is 0 Å². The molecule has 0 aromatic heterocycles. The quantitative estimate of drug-likeness (QED) is 0.492. The lowest BCUT2D eigenvalue weighted by Gasteiger charge is -2.28. The van der Waals surface area contributed by atoms with Crippen LogP contribution in [0.1, 0.15) is 12.8 Å². The molecule has 9 nitrogen and oxygen atoms in total. The van der Waals surface area contributed by atoms with Crippen molar-refractivity contribution < 1.29 is 34.2 Å². The summed E-state index contributed by atoms with van der Waals surface area (Å²) in [6.45, 7) is 0. The van der Waals surface area contributed by atoms with E-state index in [1.165, 1.54) is 0 Å². The molecule has 1 aliphatic rings. The number of carbonyl (C=O) groups is 5. The molecular weight excluding hydrogens is 260 g/mol. The first-order valence-electron chi connectivity index (χ1n) is 5.05. The first kappa shape index (κ1) is 14.4. The summed E-state index contributed by atoms with van der Waals surface area (Å²) in [4.78, 5) is 55.9. The van der Waals surface area contributed by atoms with Gasteiger partial charge in [-0.1, -0.05) is 0 Å². The maximum atomic E-state index is 11.6. The van der Waals surface area contributed by atoms with E-state index in [0.29, 0.717) is 11.0 Å². The molecule has 1 heterocycles. The van der Waals surface area contributed by atoms with Gasteiger partial charge in [-0.3, -0.25) is 19.3 Å².